The third-order valence-electron chi connectivity index (χ3n) is 3.17. The maximum atomic E-state index is 11.6. The summed E-state index contributed by atoms with van der Waals surface area (Å²) in [5.41, 5.74) is -0.167. The molecule has 8 nitrogen and oxygen atoms in total. The van der Waals surface area contributed by atoms with Crippen LogP contribution in [-0.2, 0) is 21.2 Å². The molecule has 0 radical (unpaired) electrons. The molecule has 2 atom stereocenters. The van der Waals surface area contributed by atoms with E-state index in [9.17, 15) is 18.3 Å². The van der Waals surface area contributed by atoms with Gasteiger partial charge in [0.2, 0.25) is 0 Å². The molecule has 1 aromatic rings. The summed E-state index contributed by atoms with van der Waals surface area (Å²) in [7, 11) is -3.35. The Labute approximate surface area is 124 Å². The van der Waals surface area contributed by atoms with Crippen molar-refractivity contribution in [2.75, 3.05) is 6.26 Å². The summed E-state index contributed by atoms with van der Waals surface area (Å²) in [6.45, 7) is 7.37. The minimum atomic E-state index is -3.35. The zero-order valence-corrected chi connectivity index (χ0v) is 13.8. The zero-order valence-electron chi connectivity index (χ0n) is 12.9. The normalized spacial score (nSPS) is 15.7. The van der Waals surface area contributed by atoms with Crippen molar-refractivity contribution in [1.29, 1.82) is 0 Å². The third kappa shape index (κ3) is 5.07. The van der Waals surface area contributed by atoms with Crippen molar-refractivity contribution in [2.24, 2.45) is 11.3 Å². The molecule has 120 valence electrons. The molecule has 0 amide bonds. The van der Waals surface area contributed by atoms with E-state index in [1.165, 1.54) is 11.6 Å². The van der Waals surface area contributed by atoms with E-state index in [0.717, 1.165) is 6.26 Å². The quantitative estimate of drug-likeness (QED) is 0.829. The average molecular weight is 318 g/mol. The highest BCUT2D eigenvalue weighted by molar-refractivity contribution is 7.90. The molecule has 2 unspecified atom stereocenters. The highest BCUT2D eigenvalue weighted by Gasteiger charge is 2.29. The fourth-order valence-electron chi connectivity index (χ4n) is 2.00. The van der Waals surface area contributed by atoms with E-state index < -0.39 is 27.0 Å². The molecule has 0 bridgehead atoms. The second-order valence-corrected chi connectivity index (χ2v) is 8.86. The second kappa shape index (κ2) is 6.08. The fourth-order valence-corrected chi connectivity index (χ4v) is 2.55. The molecular formula is C12H22N4O4S. The van der Waals surface area contributed by atoms with Crippen molar-refractivity contribution in [2.45, 2.75) is 45.9 Å². The largest absolute Gasteiger partial charge is 0.481 e. The Morgan fingerprint density at radius 2 is 1.95 bits per heavy atom. The molecule has 1 aromatic heterocycles. The van der Waals surface area contributed by atoms with E-state index in [0.29, 0.717) is 6.42 Å². The molecule has 1 rings (SSSR count). The molecule has 0 spiro atoms. The minimum Gasteiger partial charge on any atom is -0.481 e. The van der Waals surface area contributed by atoms with Crippen LogP contribution in [0.3, 0.4) is 0 Å². The van der Waals surface area contributed by atoms with Gasteiger partial charge in [0.1, 0.15) is 5.25 Å². The Morgan fingerprint density at radius 1 is 1.38 bits per heavy atom. The first-order valence-corrected chi connectivity index (χ1v) is 8.55. The van der Waals surface area contributed by atoms with Gasteiger partial charge in [-0.05, 0) is 29.2 Å². The first kappa shape index (κ1) is 17.5. The van der Waals surface area contributed by atoms with Gasteiger partial charge in [-0.2, -0.15) is 0 Å². The van der Waals surface area contributed by atoms with Crippen molar-refractivity contribution in [1.82, 2.24) is 20.2 Å². The molecule has 9 heteroatoms. The highest BCUT2D eigenvalue weighted by Crippen LogP contribution is 2.26. The lowest BCUT2D eigenvalue weighted by Gasteiger charge is -2.23. The Hall–Kier alpha value is -1.51. The standard InChI is InChI=1S/C12H22N4O4S/c1-8(21(5,19)20)10-13-14-15-16(10)7-9(11(17)18)6-12(2,3)4/h8-9H,6-7H2,1-5H3,(H,17,18). The van der Waals surface area contributed by atoms with Crippen LogP contribution in [0.4, 0.5) is 0 Å². The maximum absolute atomic E-state index is 11.6. The van der Waals surface area contributed by atoms with Crippen LogP contribution < -0.4 is 0 Å². The first-order chi connectivity index (χ1) is 9.42. The SMILES string of the molecule is CC(c1nnnn1CC(CC(C)(C)C)C(=O)O)S(C)(=O)=O. The number of carboxylic acid groups (broad SMARTS) is 1. The molecule has 0 saturated heterocycles. The molecule has 0 aromatic carbocycles. The van der Waals surface area contributed by atoms with Gasteiger partial charge in [0, 0.05) is 6.26 Å². The molecule has 21 heavy (non-hydrogen) atoms. The van der Waals surface area contributed by atoms with Gasteiger partial charge in [0.05, 0.1) is 12.5 Å². The van der Waals surface area contributed by atoms with Gasteiger partial charge < -0.3 is 5.11 Å². The van der Waals surface area contributed by atoms with Gasteiger partial charge >= 0.3 is 5.97 Å². The van der Waals surface area contributed by atoms with Crippen LogP contribution in [0, 0.1) is 11.3 Å². The lowest BCUT2D eigenvalue weighted by Crippen LogP contribution is -2.27. The van der Waals surface area contributed by atoms with Gasteiger partial charge in [0.15, 0.2) is 15.7 Å². The molecule has 0 fully saturated rings. The van der Waals surface area contributed by atoms with Gasteiger partial charge in [0.25, 0.3) is 0 Å². The van der Waals surface area contributed by atoms with Crippen LogP contribution in [0.25, 0.3) is 0 Å². The summed E-state index contributed by atoms with van der Waals surface area (Å²) in [6, 6.07) is 0. The van der Waals surface area contributed by atoms with Crippen molar-refractivity contribution in [3.63, 3.8) is 0 Å². The van der Waals surface area contributed by atoms with Gasteiger partial charge in [-0.1, -0.05) is 20.8 Å². The van der Waals surface area contributed by atoms with Crippen molar-refractivity contribution in [3.05, 3.63) is 5.82 Å². The monoisotopic (exact) mass is 318 g/mol. The van der Waals surface area contributed by atoms with Crippen LogP contribution >= 0.6 is 0 Å². The van der Waals surface area contributed by atoms with E-state index in [2.05, 4.69) is 15.5 Å². The van der Waals surface area contributed by atoms with Crippen molar-refractivity contribution in [3.8, 4) is 0 Å². The molecule has 0 aliphatic carbocycles. The van der Waals surface area contributed by atoms with Gasteiger partial charge in [-0.15, -0.1) is 5.10 Å². The summed E-state index contributed by atoms with van der Waals surface area (Å²) in [5, 5.41) is 19.4. The highest BCUT2D eigenvalue weighted by atomic mass is 32.2. The molecular weight excluding hydrogens is 296 g/mol. The zero-order chi connectivity index (χ0) is 16.4. The molecule has 1 heterocycles. The summed E-state index contributed by atoms with van der Waals surface area (Å²) in [4.78, 5) is 11.4. The Morgan fingerprint density at radius 3 is 2.38 bits per heavy atom. The smallest absolute Gasteiger partial charge is 0.308 e. The summed E-state index contributed by atoms with van der Waals surface area (Å²) in [5.74, 6) is -1.46. The first-order valence-electron chi connectivity index (χ1n) is 6.59. The molecule has 0 aliphatic heterocycles. The van der Waals surface area contributed by atoms with Crippen LogP contribution in [0.2, 0.25) is 0 Å². The maximum Gasteiger partial charge on any atom is 0.308 e. The minimum absolute atomic E-state index is 0.0504. The topological polar surface area (TPSA) is 115 Å². The number of aromatic nitrogens is 4. The summed E-state index contributed by atoms with van der Waals surface area (Å²) in [6.07, 6.45) is 1.54. The predicted octanol–water partition coefficient (Wildman–Crippen LogP) is 0.916. The van der Waals surface area contributed by atoms with E-state index in [4.69, 9.17) is 0 Å². The molecule has 0 aliphatic rings. The molecule has 0 saturated carbocycles. The number of carboxylic acids is 1. The predicted molar refractivity (Wildman–Crippen MR) is 76.3 cm³/mol. The molecule has 1 N–H and O–H groups in total. The summed E-state index contributed by atoms with van der Waals surface area (Å²) < 4.78 is 24.5. The number of hydrogen-bond donors (Lipinski definition) is 1. The average Bonchev–Trinajstić information content (AvgIpc) is 2.71. The van der Waals surface area contributed by atoms with E-state index in [1.54, 1.807) is 0 Å². The van der Waals surface area contributed by atoms with E-state index in [-0.39, 0.29) is 17.8 Å². The number of aliphatic carboxylic acids is 1. The lowest BCUT2D eigenvalue weighted by atomic mass is 9.84. The van der Waals surface area contributed by atoms with Gasteiger partial charge in [-0.3, -0.25) is 4.79 Å². The number of sulfone groups is 1. The third-order valence-corrected chi connectivity index (χ3v) is 4.66. The van der Waals surface area contributed by atoms with Gasteiger partial charge in [-0.25, -0.2) is 13.1 Å². The number of tetrazole rings is 1. The number of hydrogen-bond acceptors (Lipinski definition) is 6. The van der Waals surface area contributed by atoms with Crippen molar-refractivity contribution >= 4 is 15.8 Å². The van der Waals surface area contributed by atoms with Crippen LogP contribution in [-0.4, -0.2) is 46.0 Å². The van der Waals surface area contributed by atoms with Crippen LogP contribution in [0.15, 0.2) is 0 Å². The van der Waals surface area contributed by atoms with Crippen LogP contribution in [0.5, 0.6) is 0 Å². The lowest BCUT2D eigenvalue weighted by molar-refractivity contribution is -0.143. The second-order valence-electron chi connectivity index (χ2n) is 6.49. The van der Waals surface area contributed by atoms with E-state index >= 15 is 0 Å². The van der Waals surface area contributed by atoms with E-state index in [1.807, 2.05) is 20.8 Å². The Bertz CT molecular complexity index is 603. The Kier molecular flexibility index (Phi) is 5.08. The summed E-state index contributed by atoms with van der Waals surface area (Å²) >= 11 is 0. The Balaban J connectivity index is 3.02. The van der Waals surface area contributed by atoms with Crippen molar-refractivity contribution < 1.29 is 18.3 Å². The fraction of sp³-hybridized carbons (Fsp3) is 0.833. The number of rotatable bonds is 6. The number of nitrogens with zero attached hydrogens (tertiary/aromatic N) is 4. The van der Waals surface area contributed by atoms with Crippen LogP contribution in [0.1, 0.15) is 45.2 Å². The number of carbonyl (C=O) groups is 1.